The highest BCUT2D eigenvalue weighted by Gasteiger charge is 2.22. The average molecular weight is 406 g/mol. The van der Waals surface area contributed by atoms with Crippen LogP contribution in [0.4, 0.5) is 0 Å². The Labute approximate surface area is 169 Å². The average Bonchev–Trinajstić information content (AvgIpc) is 3.15. The van der Waals surface area contributed by atoms with Gasteiger partial charge < -0.3 is 24.3 Å². The molecule has 1 aliphatic rings. The van der Waals surface area contributed by atoms with Crippen molar-refractivity contribution in [3.05, 3.63) is 46.5 Å². The molecule has 1 heterocycles. The summed E-state index contributed by atoms with van der Waals surface area (Å²) < 4.78 is 21.8. The quantitative estimate of drug-likeness (QED) is 0.729. The largest absolute Gasteiger partial charge is 0.493 e. The fraction of sp³-hybridized carbons (Fsp3) is 0.381. The summed E-state index contributed by atoms with van der Waals surface area (Å²) in [6, 6.07) is 8.59. The first-order valence-corrected chi connectivity index (χ1v) is 9.47. The van der Waals surface area contributed by atoms with E-state index in [4.69, 9.17) is 30.5 Å². The second-order valence-corrected chi connectivity index (χ2v) is 7.41. The number of nitrogens with one attached hydrogen (secondary N) is 1. The van der Waals surface area contributed by atoms with Crippen molar-refractivity contribution in [2.75, 3.05) is 20.5 Å². The molecule has 150 valence electrons. The third-order valence-corrected chi connectivity index (χ3v) is 4.58. The number of methoxy groups -OCH3 is 1. The summed E-state index contributed by atoms with van der Waals surface area (Å²) in [6.07, 6.45) is 0. The van der Waals surface area contributed by atoms with E-state index in [1.54, 1.807) is 19.2 Å². The number of ether oxygens (including phenoxy) is 4. The maximum atomic E-state index is 12.7. The minimum atomic E-state index is -0.258. The van der Waals surface area contributed by atoms with Gasteiger partial charge in [-0.15, -0.1) is 0 Å². The standard InChI is InChI=1S/C21H24ClNO5/c1-12(2)10-26-17-6-5-14(8-18(17)25-4)13(3)23-21(24)15-7-16(22)20-19(9-15)27-11-28-20/h5-9,12-13H,10-11H2,1-4H3,(H,23,24). The first-order valence-electron chi connectivity index (χ1n) is 9.09. The summed E-state index contributed by atoms with van der Waals surface area (Å²) in [5, 5.41) is 3.31. The van der Waals surface area contributed by atoms with Crippen LogP contribution in [0.1, 0.15) is 42.7 Å². The molecule has 0 spiro atoms. The lowest BCUT2D eigenvalue weighted by Crippen LogP contribution is -2.26. The molecular formula is C21H24ClNO5. The van der Waals surface area contributed by atoms with Crippen molar-refractivity contribution in [1.82, 2.24) is 5.32 Å². The lowest BCUT2D eigenvalue weighted by atomic mass is 10.1. The number of hydrogen-bond donors (Lipinski definition) is 1. The van der Waals surface area contributed by atoms with Crippen molar-refractivity contribution < 1.29 is 23.7 Å². The van der Waals surface area contributed by atoms with Crippen LogP contribution >= 0.6 is 11.6 Å². The zero-order valence-corrected chi connectivity index (χ0v) is 17.1. The Hall–Kier alpha value is -2.60. The molecule has 0 saturated carbocycles. The molecule has 6 nitrogen and oxygen atoms in total. The smallest absolute Gasteiger partial charge is 0.251 e. The minimum absolute atomic E-state index is 0.0988. The van der Waals surface area contributed by atoms with Crippen molar-refractivity contribution in [2.45, 2.75) is 26.8 Å². The molecule has 3 rings (SSSR count). The predicted octanol–water partition coefficient (Wildman–Crippen LogP) is 4.60. The highest BCUT2D eigenvalue weighted by Crippen LogP contribution is 2.40. The predicted molar refractivity (Wildman–Crippen MR) is 107 cm³/mol. The molecule has 7 heteroatoms. The van der Waals surface area contributed by atoms with Gasteiger partial charge in [0.1, 0.15) is 0 Å². The van der Waals surface area contributed by atoms with E-state index >= 15 is 0 Å². The highest BCUT2D eigenvalue weighted by atomic mass is 35.5. The van der Waals surface area contributed by atoms with Crippen LogP contribution in [0.3, 0.4) is 0 Å². The van der Waals surface area contributed by atoms with Crippen molar-refractivity contribution in [3.8, 4) is 23.0 Å². The SMILES string of the molecule is COc1cc(C(C)NC(=O)c2cc(Cl)c3c(c2)OCO3)ccc1OCC(C)C. The van der Waals surface area contributed by atoms with Crippen LogP contribution in [-0.4, -0.2) is 26.4 Å². The lowest BCUT2D eigenvalue weighted by molar-refractivity contribution is 0.0939. The second kappa shape index (κ2) is 8.61. The maximum Gasteiger partial charge on any atom is 0.251 e. The minimum Gasteiger partial charge on any atom is -0.493 e. The van der Waals surface area contributed by atoms with Crippen LogP contribution in [0.25, 0.3) is 0 Å². The van der Waals surface area contributed by atoms with Crippen molar-refractivity contribution in [1.29, 1.82) is 0 Å². The zero-order chi connectivity index (χ0) is 20.3. The summed E-state index contributed by atoms with van der Waals surface area (Å²) >= 11 is 6.17. The van der Waals surface area contributed by atoms with E-state index in [9.17, 15) is 4.79 Å². The Balaban J connectivity index is 1.73. The molecule has 0 saturated heterocycles. The van der Waals surface area contributed by atoms with Gasteiger partial charge in [0, 0.05) is 5.56 Å². The summed E-state index contributed by atoms with van der Waals surface area (Å²) in [5.41, 5.74) is 1.30. The van der Waals surface area contributed by atoms with Crippen LogP contribution in [0.5, 0.6) is 23.0 Å². The Morgan fingerprint density at radius 3 is 2.68 bits per heavy atom. The summed E-state index contributed by atoms with van der Waals surface area (Å²) in [4.78, 5) is 12.7. The van der Waals surface area contributed by atoms with Gasteiger partial charge in [0.25, 0.3) is 5.91 Å². The maximum absolute atomic E-state index is 12.7. The van der Waals surface area contributed by atoms with Crippen LogP contribution in [0, 0.1) is 5.92 Å². The van der Waals surface area contributed by atoms with Gasteiger partial charge in [0.15, 0.2) is 23.0 Å². The molecule has 1 aliphatic heterocycles. The van der Waals surface area contributed by atoms with Gasteiger partial charge in [-0.25, -0.2) is 0 Å². The zero-order valence-electron chi connectivity index (χ0n) is 16.4. The highest BCUT2D eigenvalue weighted by molar-refractivity contribution is 6.32. The Morgan fingerprint density at radius 2 is 1.96 bits per heavy atom. The molecular weight excluding hydrogens is 382 g/mol. The van der Waals surface area contributed by atoms with Crippen molar-refractivity contribution >= 4 is 17.5 Å². The monoisotopic (exact) mass is 405 g/mol. The Bertz CT molecular complexity index is 868. The van der Waals surface area contributed by atoms with Gasteiger partial charge in [-0.2, -0.15) is 0 Å². The van der Waals surface area contributed by atoms with Crippen LogP contribution in [-0.2, 0) is 0 Å². The van der Waals surface area contributed by atoms with Crippen molar-refractivity contribution in [3.63, 3.8) is 0 Å². The molecule has 2 aromatic carbocycles. The van der Waals surface area contributed by atoms with Gasteiger partial charge in [-0.3, -0.25) is 4.79 Å². The van der Waals surface area contributed by atoms with Crippen molar-refractivity contribution in [2.24, 2.45) is 5.92 Å². The van der Waals surface area contributed by atoms with Crippen LogP contribution in [0.15, 0.2) is 30.3 Å². The Morgan fingerprint density at radius 1 is 1.18 bits per heavy atom. The second-order valence-electron chi connectivity index (χ2n) is 7.00. The molecule has 0 bridgehead atoms. The van der Waals surface area contributed by atoms with Gasteiger partial charge >= 0.3 is 0 Å². The summed E-state index contributed by atoms with van der Waals surface area (Å²) in [6.45, 7) is 6.77. The number of carbonyl (C=O) groups excluding carboxylic acids is 1. The van der Waals surface area contributed by atoms with Gasteiger partial charge in [-0.1, -0.05) is 31.5 Å². The number of amides is 1. The molecule has 1 N–H and O–H groups in total. The van der Waals surface area contributed by atoms with Crippen LogP contribution in [0.2, 0.25) is 5.02 Å². The lowest BCUT2D eigenvalue weighted by Gasteiger charge is -2.18. The molecule has 2 aromatic rings. The number of fused-ring (bicyclic) bond motifs is 1. The Kier molecular flexibility index (Phi) is 6.19. The molecule has 1 amide bonds. The molecule has 1 unspecified atom stereocenters. The number of hydrogen-bond acceptors (Lipinski definition) is 5. The van der Waals surface area contributed by atoms with E-state index in [1.807, 2.05) is 25.1 Å². The van der Waals surface area contributed by atoms with Crippen LogP contribution < -0.4 is 24.3 Å². The number of rotatable bonds is 7. The van der Waals surface area contributed by atoms with E-state index in [1.165, 1.54) is 0 Å². The van der Waals surface area contributed by atoms with E-state index in [2.05, 4.69) is 19.2 Å². The topological polar surface area (TPSA) is 66.0 Å². The number of benzene rings is 2. The van der Waals surface area contributed by atoms with Gasteiger partial charge in [-0.05, 0) is 42.7 Å². The fourth-order valence-electron chi connectivity index (χ4n) is 2.79. The van der Waals surface area contributed by atoms with E-state index in [0.717, 1.165) is 5.56 Å². The third-order valence-electron chi connectivity index (χ3n) is 4.30. The molecule has 1 atom stereocenters. The van der Waals surface area contributed by atoms with E-state index < -0.39 is 0 Å². The summed E-state index contributed by atoms with van der Waals surface area (Å²) in [5.74, 6) is 2.40. The number of halogens is 1. The fourth-order valence-corrected chi connectivity index (χ4v) is 3.06. The molecule has 0 fully saturated rings. The number of carbonyl (C=O) groups is 1. The molecule has 0 radical (unpaired) electrons. The first kappa shape index (κ1) is 20.1. The summed E-state index contributed by atoms with van der Waals surface area (Å²) in [7, 11) is 1.60. The molecule has 0 aliphatic carbocycles. The van der Waals surface area contributed by atoms with Gasteiger partial charge in [0.2, 0.25) is 6.79 Å². The molecule has 28 heavy (non-hydrogen) atoms. The first-order chi connectivity index (χ1) is 13.4. The third kappa shape index (κ3) is 4.44. The van der Waals surface area contributed by atoms with Gasteiger partial charge in [0.05, 0.1) is 24.8 Å². The van der Waals surface area contributed by atoms with E-state index in [0.29, 0.717) is 46.1 Å². The normalized spacial score (nSPS) is 13.4. The van der Waals surface area contributed by atoms with E-state index in [-0.39, 0.29) is 18.7 Å². The molecule has 0 aromatic heterocycles.